The predicted molar refractivity (Wildman–Crippen MR) is 79.6 cm³/mol. The third-order valence-corrected chi connectivity index (χ3v) is 4.28. The van der Waals surface area contributed by atoms with E-state index < -0.39 is 0 Å². The first kappa shape index (κ1) is 15.0. The first-order chi connectivity index (χ1) is 9.43. The SMILES string of the molecule is CCn1nc(C)c(C(C)NC2CCC(=O)N(C)C2)c1C. The van der Waals surface area contributed by atoms with E-state index in [9.17, 15) is 4.79 Å². The minimum absolute atomic E-state index is 0.252. The molecule has 1 aliphatic heterocycles. The molecule has 2 unspecified atom stereocenters. The lowest BCUT2D eigenvalue weighted by molar-refractivity contribution is -0.132. The van der Waals surface area contributed by atoms with Gasteiger partial charge in [-0.05, 0) is 34.1 Å². The third kappa shape index (κ3) is 2.87. The molecule has 1 aliphatic rings. The molecule has 20 heavy (non-hydrogen) atoms. The van der Waals surface area contributed by atoms with Crippen molar-refractivity contribution >= 4 is 5.91 Å². The molecule has 2 heterocycles. The molecular formula is C15H26N4O. The van der Waals surface area contributed by atoms with Crippen LogP contribution < -0.4 is 5.32 Å². The van der Waals surface area contributed by atoms with Crippen LogP contribution in [0.5, 0.6) is 0 Å². The molecule has 1 aromatic heterocycles. The zero-order valence-electron chi connectivity index (χ0n) is 13.2. The van der Waals surface area contributed by atoms with Crippen molar-refractivity contribution in [2.24, 2.45) is 0 Å². The number of rotatable bonds is 4. The van der Waals surface area contributed by atoms with Crippen molar-refractivity contribution in [1.82, 2.24) is 20.0 Å². The quantitative estimate of drug-likeness (QED) is 0.913. The largest absolute Gasteiger partial charge is 0.344 e. The van der Waals surface area contributed by atoms with Crippen LogP contribution in [0.25, 0.3) is 0 Å². The number of aryl methyl sites for hydroxylation is 2. The van der Waals surface area contributed by atoms with Crippen molar-refractivity contribution in [3.8, 4) is 0 Å². The highest BCUT2D eigenvalue weighted by Crippen LogP contribution is 2.23. The van der Waals surface area contributed by atoms with Gasteiger partial charge in [-0.25, -0.2) is 0 Å². The predicted octanol–water partition coefficient (Wildman–Crippen LogP) is 1.79. The molecule has 0 radical (unpaired) electrons. The molecule has 1 N–H and O–H groups in total. The van der Waals surface area contributed by atoms with Crippen molar-refractivity contribution in [2.45, 2.75) is 59.2 Å². The Hall–Kier alpha value is -1.36. The van der Waals surface area contributed by atoms with Gasteiger partial charge in [0.05, 0.1) is 5.69 Å². The number of aromatic nitrogens is 2. The minimum Gasteiger partial charge on any atom is -0.344 e. The van der Waals surface area contributed by atoms with Crippen molar-refractivity contribution in [3.63, 3.8) is 0 Å². The Labute approximate surface area is 121 Å². The van der Waals surface area contributed by atoms with Crippen LogP contribution in [-0.2, 0) is 11.3 Å². The van der Waals surface area contributed by atoms with Crippen molar-refractivity contribution < 1.29 is 4.79 Å². The molecule has 0 spiro atoms. The van der Waals surface area contributed by atoms with Gasteiger partial charge < -0.3 is 10.2 Å². The fourth-order valence-electron chi connectivity index (χ4n) is 3.23. The lowest BCUT2D eigenvalue weighted by atomic mass is 10.0. The van der Waals surface area contributed by atoms with Gasteiger partial charge in [-0.2, -0.15) is 5.10 Å². The number of carbonyl (C=O) groups excluding carboxylic acids is 1. The van der Waals surface area contributed by atoms with E-state index in [1.54, 1.807) is 0 Å². The molecule has 1 fully saturated rings. The van der Waals surface area contributed by atoms with Crippen LogP contribution in [0.4, 0.5) is 0 Å². The average Bonchev–Trinajstić information content (AvgIpc) is 2.68. The molecule has 0 aliphatic carbocycles. The number of nitrogens with one attached hydrogen (secondary N) is 1. The molecule has 2 rings (SSSR count). The Morgan fingerprint density at radius 3 is 2.70 bits per heavy atom. The van der Waals surface area contributed by atoms with E-state index in [-0.39, 0.29) is 11.9 Å². The maximum absolute atomic E-state index is 11.5. The molecule has 2 atom stereocenters. The van der Waals surface area contributed by atoms with Gasteiger partial charge in [-0.3, -0.25) is 9.48 Å². The van der Waals surface area contributed by atoms with Gasteiger partial charge in [-0.1, -0.05) is 0 Å². The normalized spacial score (nSPS) is 21.4. The first-order valence-corrected chi connectivity index (χ1v) is 7.48. The third-order valence-electron chi connectivity index (χ3n) is 4.28. The Morgan fingerprint density at radius 2 is 2.15 bits per heavy atom. The van der Waals surface area contributed by atoms with Gasteiger partial charge in [0.2, 0.25) is 5.91 Å². The highest BCUT2D eigenvalue weighted by Gasteiger charge is 2.25. The summed E-state index contributed by atoms with van der Waals surface area (Å²) in [5, 5.41) is 8.24. The minimum atomic E-state index is 0.252. The Bertz CT molecular complexity index is 494. The standard InChI is InChI=1S/C15H26N4O/c1-6-19-12(4)15(11(3)17-19)10(2)16-13-7-8-14(20)18(5)9-13/h10,13,16H,6-9H2,1-5H3. The molecule has 5 heteroatoms. The summed E-state index contributed by atoms with van der Waals surface area (Å²) in [7, 11) is 1.88. The molecule has 112 valence electrons. The summed E-state index contributed by atoms with van der Waals surface area (Å²) in [6.07, 6.45) is 1.57. The number of likely N-dealkylation sites (tertiary alicyclic amines) is 1. The van der Waals surface area contributed by atoms with Crippen molar-refractivity contribution in [3.05, 3.63) is 17.0 Å². The lowest BCUT2D eigenvalue weighted by Crippen LogP contribution is -2.47. The van der Waals surface area contributed by atoms with Gasteiger partial charge in [0.15, 0.2) is 0 Å². The summed E-state index contributed by atoms with van der Waals surface area (Å²) in [4.78, 5) is 13.4. The fraction of sp³-hybridized carbons (Fsp3) is 0.733. The molecular weight excluding hydrogens is 252 g/mol. The van der Waals surface area contributed by atoms with Crippen molar-refractivity contribution in [2.75, 3.05) is 13.6 Å². The number of carbonyl (C=O) groups is 1. The second-order valence-electron chi connectivity index (χ2n) is 5.80. The summed E-state index contributed by atoms with van der Waals surface area (Å²) in [5.41, 5.74) is 3.64. The second kappa shape index (κ2) is 5.95. The smallest absolute Gasteiger partial charge is 0.222 e. The molecule has 0 aromatic carbocycles. The monoisotopic (exact) mass is 278 g/mol. The maximum Gasteiger partial charge on any atom is 0.222 e. The molecule has 1 amide bonds. The molecule has 1 saturated heterocycles. The molecule has 5 nitrogen and oxygen atoms in total. The zero-order chi connectivity index (χ0) is 14.9. The summed E-state index contributed by atoms with van der Waals surface area (Å²) >= 11 is 0. The zero-order valence-corrected chi connectivity index (χ0v) is 13.2. The highest BCUT2D eigenvalue weighted by molar-refractivity contribution is 5.76. The number of piperidine rings is 1. The Morgan fingerprint density at radius 1 is 1.45 bits per heavy atom. The van der Waals surface area contributed by atoms with Crippen LogP contribution in [0.3, 0.4) is 0 Å². The van der Waals surface area contributed by atoms with Crippen LogP contribution in [0.2, 0.25) is 0 Å². The van der Waals surface area contributed by atoms with Crippen LogP contribution in [0.15, 0.2) is 0 Å². The Balaban J connectivity index is 2.07. The highest BCUT2D eigenvalue weighted by atomic mass is 16.2. The maximum atomic E-state index is 11.5. The van der Waals surface area contributed by atoms with Gasteiger partial charge in [0.1, 0.15) is 0 Å². The van der Waals surface area contributed by atoms with E-state index in [2.05, 4.69) is 42.8 Å². The molecule has 0 bridgehead atoms. The average molecular weight is 278 g/mol. The van der Waals surface area contributed by atoms with Gasteiger partial charge >= 0.3 is 0 Å². The van der Waals surface area contributed by atoms with Crippen LogP contribution >= 0.6 is 0 Å². The summed E-state index contributed by atoms with van der Waals surface area (Å²) < 4.78 is 2.05. The van der Waals surface area contributed by atoms with Gasteiger partial charge in [-0.15, -0.1) is 0 Å². The lowest BCUT2D eigenvalue weighted by Gasteiger charge is -2.32. The van der Waals surface area contributed by atoms with Crippen molar-refractivity contribution in [1.29, 1.82) is 0 Å². The van der Waals surface area contributed by atoms with E-state index in [1.165, 1.54) is 11.3 Å². The summed E-state index contributed by atoms with van der Waals surface area (Å²) in [6, 6.07) is 0.637. The van der Waals surface area contributed by atoms with E-state index >= 15 is 0 Å². The molecule has 0 saturated carbocycles. The van der Waals surface area contributed by atoms with E-state index in [0.717, 1.165) is 25.2 Å². The second-order valence-corrected chi connectivity index (χ2v) is 5.80. The number of hydrogen-bond acceptors (Lipinski definition) is 3. The fourth-order valence-corrected chi connectivity index (χ4v) is 3.23. The topological polar surface area (TPSA) is 50.2 Å². The number of nitrogens with zero attached hydrogens (tertiary/aromatic N) is 3. The first-order valence-electron chi connectivity index (χ1n) is 7.48. The van der Waals surface area contributed by atoms with Crippen LogP contribution in [-0.4, -0.2) is 40.2 Å². The number of hydrogen-bond donors (Lipinski definition) is 1. The summed E-state index contributed by atoms with van der Waals surface area (Å²) in [5.74, 6) is 0.252. The van der Waals surface area contributed by atoms with E-state index in [1.807, 2.05) is 11.9 Å². The van der Waals surface area contributed by atoms with Crippen LogP contribution in [0, 0.1) is 13.8 Å². The number of amides is 1. The van der Waals surface area contributed by atoms with E-state index in [0.29, 0.717) is 12.5 Å². The van der Waals surface area contributed by atoms with Gasteiger partial charge in [0.25, 0.3) is 0 Å². The Kier molecular flexibility index (Phi) is 4.48. The van der Waals surface area contributed by atoms with E-state index in [4.69, 9.17) is 0 Å². The molecule has 1 aromatic rings. The number of likely N-dealkylation sites (N-methyl/N-ethyl adjacent to an activating group) is 1. The van der Waals surface area contributed by atoms with Gasteiger partial charge in [0, 0.05) is 49.9 Å². The van der Waals surface area contributed by atoms with Crippen LogP contribution in [0.1, 0.15) is 49.7 Å². The summed E-state index contributed by atoms with van der Waals surface area (Å²) in [6.45, 7) is 10.2.